The summed E-state index contributed by atoms with van der Waals surface area (Å²) in [5, 5.41) is 10.3. The minimum absolute atomic E-state index is 0.0703. The number of hydrogen-bond acceptors (Lipinski definition) is 3. The summed E-state index contributed by atoms with van der Waals surface area (Å²) in [7, 11) is 0. The second kappa shape index (κ2) is 7.88. The van der Waals surface area contributed by atoms with Gasteiger partial charge in [-0.3, -0.25) is 9.59 Å². The van der Waals surface area contributed by atoms with Crippen LogP contribution in [0.1, 0.15) is 71.9 Å². The second-order valence-corrected chi connectivity index (χ2v) is 9.02. The number of carboxylic acids is 1. The molecule has 0 bridgehead atoms. The molecule has 160 valence electrons. The third-order valence-corrected chi connectivity index (χ3v) is 6.91. The molecule has 0 aliphatic heterocycles. The number of nitrogens with one attached hydrogen (secondary N) is 1. The summed E-state index contributed by atoms with van der Waals surface area (Å²) in [5.41, 5.74) is 6.98. The number of rotatable bonds is 6. The molecule has 0 saturated heterocycles. The second-order valence-electron chi connectivity index (χ2n) is 9.02. The molecule has 3 aromatic rings. The molecule has 1 aromatic heterocycles. The zero-order valence-electron chi connectivity index (χ0n) is 17.7. The number of carboxylic acid groups (broad SMARTS) is 1. The van der Waals surface area contributed by atoms with Gasteiger partial charge in [0, 0.05) is 35.4 Å². The third kappa shape index (κ3) is 3.85. The van der Waals surface area contributed by atoms with Crippen LogP contribution in [0, 0.1) is 6.92 Å². The van der Waals surface area contributed by atoms with Gasteiger partial charge in [0.2, 0.25) is 0 Å². The molecule has 5 rings (SSSR count). The van der Waals surface area contributed by atoms with E-state index in [0.29, 0.717) is 31.1 Å². The van der Waals surface area contributed by atoms with E-state index >= 15 is 0 Å². The number of benzene rings is 2. The number of aromatic amines is 1. The highest BCUT2D eigenvalue weighted by Gasteiger charge is 2.28. The number of ether oxygens (including phenoxy) is 1. The topological polar surface area (TPSA) is 79.4 Å². The molecular formula is C26H27NO4. The van der Waals surface area contributed by atoms with Gasteiger partial charge in [0.05, 0.1) is 6.42 Å². The van der Waals surface area contributed by atoms with E-state index in [4.69, 9.17) is 9.84 Å². The van der Waals surface area contributed by atoms with Crippen LogP contribution in [-0.2, 0) is 22.6 Å². The van der Waals surface area contributed by atoms with E-state index in [1.54, 1.807) is 0 Å². The Morgan fingerprint density at radius 3 is 2.77 bits per heavy atom. The molecule has 0 amide bonds. The number of carbonyl (C=O) groups excluding carboxylic acids is 1. The largest absolute Gasteiger partial charge is 0.489 e. The molecule has 2 aromatic carbocycles. The molecule has 1 saturated carbocycles. The third-order valence-electron chi connectivity index (χ3n) is 6.91. The van der Waals surface area contributed by atoms with Gasteiger partial charge in [-0.1, -0.05) is 18.2 Å². The maximum atomic E-state index is 11.6. The number of carbonyl (C=O) groups is 2. The molecule has 1 fully saturated rings. The highest BCUT2D eigenvalue weighted by molar-refractivity contribution is 5.87. The summed E-state index contributed by atoms with van der Waals surface area (Å²) < 4.78 is 6.10. The zero-order valence-corrected chi connectivity index (χ0v) is 17.7. The molecule has 1 heterocycles. The van der Waals surface area contributed by atoms with Crippen molar-refractivity contribution in [2.75, 3.05) is 0 Å². The minimum Gasteiger partial charge on any atom is -0.489 e. The van der Waals surface area contributed by atoms with Crippen LogP contribution in [0.5, 0.6) is 5.75 Å². The van der Waals surface area contributed by atoms with Gasteiger partial charge in [0.15, 0.2) is 0 Å². The predicted molar refractivity (Wildman–Crippen MR) is 119 cm³/mol. The van der Waals surface area contributed by atoms with Crippen LogP contribution in [-0.4, -0.2) is 21.8 Å². The minimum atomic E-state index is -0.749. The highest BCUT2D eigenvalue weighted by Crippen LogP contribution is 2.40. The maximum Gasteiger partial charge on any atom is 0.304 e. The van der Waals surface area contributed by atoms with Crippen molar-refractivity contribution in [1.82, 2.24) is 4.98 Å². The highest BCUT2D eigenvalue weighted by atomic mass is 16.5. The van der Waals surface area contributed by atoms with E-state index in [-0.39, 0.29) is 12.3 Å². The van der Waals surface area contributed by atoms with E-state index in [2.05, 4.69) is 36.2 Å². The van der Waals surface area contributed by atoms with Crippen molar-refractivity contribution in [3.05, 3.63) is 64.3 Å². The van der Waals surface area contributed by atoms with Gasteiger partial charge in [0.1, 0.15) is 18.1 Å². The number of Topliss-reactive ketones (excluding diaryl/α,β-unsaturated/α-hetero) is 1. The lowest BCUT2D eigenvalue weighted by Crippen LogP contribution is -2.03. The fourth-order valence-corrected chi connectivity index (χ4v) is 5.36. The molecule has 2 atom stereocenters. The molecule has 0 spiro atoms. The van der Waals surface area contributed by atoms with Gasteiger partial charge in [-0.05, 0) is 72.6 Å². The number of H-pyrrole nitrogens is 1. The first-order chi connectivity index (χ1) is 15.0. The SMILES string of the molecule is Cc1cc(COc2ccc3[nH]c4c(c3c2)CC[C@@H]4CC(=O)O)ccc1[C@@H]1CCC(=O)C1. The smallest absolute Gasteiger partial charge is 0.304 e. The van der Waals surface area contributed by atoms with Gasteiger partial charge in [-0.2, -0.15) is 0 Å². The van der Waals surface area contributed by atoms with Gasteiger partial charge in [-0.15, -0.1) is 0 Å². The molecule has 5 heteroatoms. The lowest BCUT2D eigenvalue weighted by molar-refractivity contribution is -0.137. The van der Waals surface area contributed by atoms with Gasteiger partial charge in [0.25, 0.3) is 0 Å². The summed E-state index contributed by atoms with van der Waals surface area (Å²) in [6.45, 7) is 2.61. The summed E-state index contributed by atoms with van der Waals surface area (Å²) in [6.07, 6.45) is 4.30. The maximum absolute atomic E-state index is 11.6. The Kier molecular flexibility index (Phi) is 5.05. The van der Waals surface area contributed by atoms with E-state index in [1.165, 1.54) is 16.7 Å². The van der Waals surface area contributed by atoms with Crippen molar-refractivity contribution in [2.24, 2.45) is 0 Å². The molecular weight excluding hydrogens is 390 g/mol. The Bertz CT molecular complexity index is 1180. The average Bonchev–Trinajstić information content (AvgIpc) is 3.42. The van der Waals surface area contributed by atoms with Crippen LogP contribution in [0.3, 0.4) is 0 Å². The Hall–Kier alpha value is -3.08. The Labute approximate surface area is 181 Å². The normalized spacial score (nSPS) is 20.4. The van der Waals surface area contributed by atoms with Crippen LogP contribution in [0.4, 0.5) is 0 Å². The standard InChI is InChI=1S/C26H27NO4/c1-15-10-16(2-7-21(15)17-3-5-19(28)11-17)14-31-20-6-9-24-23(13-20)22-8-4-18(12-25(29)30)26(22)27-24/h2,6-7,9-10,13,17-18,27H,3-5,8,11-12,14H2,1H3,(H,29,30)/t17-,18-/m1/s1. The Balaban J connectivity index is 1.31. The van der Waals surface area contributed by atoms with Crippen molar-refractivity contribution >= 4 is 22.7 Å². The lowest BCUT2D eigenvalue weighted by atomic mass is 9.92. The first-order valence-electron chi connectivity index (χ1n) is 11.1. The molecule has 31 heavy (non-hydrogen) atoms. The van der Waals surface area contributed by atoms with E-state index in [9.17, 15) is 9.59 Å². The fourth-order valence-electron chi connectivity index (χ4n) is 5.36. The van der Waals surface area contributed by atoms with Crippen LogP contribution < -0.4 is 4.74 Å². The number of aromatic nitrogens is 1. The number of fused-ring (bicyclic) bond motifs is 3. The van der Waals surface area contributed by atoms with Crippen molar-refractivity contribution in [1.29, 1.82) is 0 Å². The molecule has 0 radical (unpaired) electrons. The van der Waals surface area contributed by atoms with Gasteiger partial charge < -0.3 is 14.8 Å². The number of ketones is 1. The quantitative estimate of drug-likeness (QED) is 0.563. The van der Waals surface area contributed by atoms with Gasteiger partial charge >= 0.3 is 5.97 Å². The Morgan fingerprint density at radius 2 is 2.03 bits per heavy atom. The van der Waals surface area contributed by atoms with Crippen LogP contribution in [0.25, 0.3) is 10.9 Å². The van der Waals surface area contributed by atoms with Crippen LogP contribution >= 0.6 is 0 Å². The van der Waals surface area contributed by atoms with E-state index in [0.717, 1.165) is 47.2 Å². The van der Waals surface area contributed by atoms with Crippen LogP contribution in [0.15, 0.2) is 36.4 Å². The number of hydrogen-bond donors (Lipinski definition) is 2. The monoisotopic (exact) mass is 417 g/mol. The molecule has 0 unspecified atom stereocenters. The summed E-state index contributed by atoms with van der Waals surface area (Å²) in [6, 6.07) is 12.5. The van der Waals surface area contributed by atoms with E-state index < -0.39 is 5.97 Å². The average molecular weight is 418 g/mol. The zero-order chi connectivity index (χ0) is 21.5. The van der Waals surface area contributed by atoms with Crippen molar-refractivity contribution in [3.63, 3.8) is 0 Å². The summed E-state index contributed by atoms with van der Waals surface area (Å²) in [4.78, 5) is 26.2. The fraction of sp³-hybridized carbons (Fsp3) is 0.385. The summed E-state index contributed by atoms with van der Waals surface area (Å²) in [5.74, 6) is 0.879. The molecule has 2 aliphatic carbocycles. The van der Waals surface area contributed by atoms with Crippen LogP contribution in [0.2, 0.25) is 0 Å². The van der Waals surface area contributed by atoms with E-state index in [1.807, 2.05) is 12.1 Å². The number of aliphatic carboxylic acids is 1. The molecule has 2 N–H and O–H groups in total. The van der Waals surface area contributed by atoms with Gasteiger partial charge in [-0.25, -0.2) is 0 Å². The molecule has 2 aliphatic rings. The first-order valence-corrected chi connectivity index (χ1v) is 11.1. The number of aryl methyl sites for hydroxylation is 2. The molecule has 5 nitrogen and oxygen atoms in total. The lowest BCUT2D eigenvalue weighted by Gasteiger charge is -2.14. The predicted octanol–water partition coefficient (Wildman–Crippen LogP) is 5.40. The van der Waals surface area contributed by atoms with Crippen molar-refractivity contribution in [3.8, 4) is 5.75 Å². The first kappa shape index (κ1) is 19.9. The summed E-state index contributed by atoms with van der Waals surface area (Å²) >= 11 is 0. The van der Waals surface area contributed by atoms with Crippen molar-refractivity contribution in [2.45, 2.75) is 63.9 Å². The van der Waals surface area contributed by atoms with Crippen molar-refractivity contribution < 1.29 is 19.4 Å². The Morgan fingerprint density at radius 1 is 1.16 bits per heavy atom.